The Morgan fingerprint density at radius 3 is 2.44 bits per heavy atom. The molecule has 1 saturated carbocycles. The van der Waals surface area contributed by atoms with E-state index in [1.165, 1.54) is 19.0 Å². The number of carbonyl (C=O) groups excluding carboxylic acids is 3. The van der Waals surface area contributed by atoms with Crippen molar-refractivity contribution in [2.75, 3.05) is 14.1 Å². The summed E-state index contributed by atoms with van der Waals surface area (Å²) in [7, 11) is 2.94. The van der Waals surface area contributed by atoms with Gasteiger partial charge < -0.3 is 0 Å². The molecule has 1 aliphatic heterocycles. The number of carbonyl (C=O) groups is 3. The highest BCUT2D eigenvalue weighted by Crippen LogP contribution is 2.30. The molecular weight excluding hydrogens is 210 g/mol. The third-order valence-corrected chi connectivity index (χ3v) is 2.81. The van der Waals surface area contributed by atoms with Crippen LogP contribution in [-0.2, 0) is 9.59 Å². The van der Waals surface area contributed by atoms with E-state index in [0.717, 1.165) is 17.7 Å². The van der Waals surface area contributed by atoms with E-state index in [1.54, 1.807) is 0 Å². The summed E-state index contributed by atoms with van der Waals surface area (Å²) in [5.74, 6) is -0.284. The molecule has 0 atom stereocenters. The van der Waals surface area contributed by atoms with Crippen LogP contribution >= 0.6 is 0 Å². The standard InChI is InChI=1S/C10H13N3O3/c1-12-7(11-9(15)6-3-4-6)5-8(14)13(2)10(12)16/h6H,3-5H2,1-2H3. The van der Waals surface area contributed by atoms with Gasteiger partial charge in [0.2, 0.25) is 11.8 Å². The van der Waals surface area contributed by atoms with E-state index in [9.17, 15) is 14.4 Å². The molecule has 1 aliphatic carbocycles. The van der Waals surface area contributed by atoms with Crippen LogP contribution in [0.2, 0.25) is 0 Å². The van der Waals surface area contributed by atoms with Crippen LogP contribution in [0.4, 0.5) is 4.79 Å². The van der Waals surface area contributed by atoms with Gasteiger partial charge in [0.25, 0.3) is 0 Å². The van der Waals surface area contributed by atoms with Crippen molar-refractivity contribution in [2.24, 2.45) is 10.9 Å². The first-order valence-electron chi connectivity index (χ1n) is 5.16. The lowest BCUT2D eigenvalue weighted by molar-refractivity contribution is -0.127. The third kappa shape index (κ3) is 1.82. The van der Waals surface area contributed by atoms with Gasteiger partial charge in [-0.15, -0.1) is 0 Å². The molecular formula is C10H13N3O3. The minimum absolute atomic E-state index is 0.00533. The molecule has 0 unspecified atom stereocenters. The fourth-order valence-corrected chi connectivity index (χ4v) is 1.48. The minimum Gasteiger partial charge on any atom is -0.284 e. The Labute approximate surface area is 92.9 Å². The van der Waals surface area contributed by atoms with Gasteiger partial charge in [0.15, 0.2) is 0 Å². The van der Waals surface area contributed by atoms with Crippen LogP contribution in [0, 0.1) is 5.92 Å². The Morgan fingerprint density at radius 2 is 1.88 bits per heavy atom. The fourth-order valence-electron chi connectivity index (χ4n) is 1.48. The molecule has 6 nitrogen and oxygen atoms in total. The molecule has 0 aromatic rings. The Bertz CT molecular complexity index is 398. The van der Waals surface area contributed by atoms with Crippen molar-refractivity contribution in [3.63, 3.8) is 0 Å². The van der Waals surface area contributed by atoms with Gasteiger partial charge in [-0.25, -0.2) is 4.79 Å². The Morgan fingerprint density at radius 1 is 1.25 bits per heavy atom. The van der Waals surface area contributed by atoms with Crippen molar-refractivity contribution in [3.8, 4) is 0 Å². The van der Waals surface area contributed by atoms with E-state index < -0.39 is 6.03 Å². The molecule has 0 spiro atoms. The van der Waals surface area contributed by atoms with Crippen LogP contribution in [-0.4, -0.2) is 47.6 Å². The molecule has 16 heavy (non-hydrogen) atoms. The van der Waals surface area contributed by atoms with Gasteiger partial charge in [0.1, 0.15) is 5.84 Å². The maximum absolute atomic E-state index is 11.6. The Kier molecular flexibility index (Phi) is 2.49. The number of imide groups is 1. The highest BCUT2D eigenvalue weighted by Gasteiger charge is 2.34. The first-order valence-corrected chi connectivity index (χ1v) is 5.16. The van der Waals surface area contributed by atoms with Crippen molar-refractivity contribution < 1.29 is 14.4 Å². The van der Waals surface area contributed by atoms with Crippen LogP contribution < -0.4 is 0 Å². The monoisotopic (exact) mass is 223 g/mol. The van der Waals surface area contributed by atoms with E-state index in [4.69, 9.17) is 0 Å². The minimum atomic E-state index is -0.446. The maximum Gasteiger partial charge on any atom is 0.331 e. The number of amidine groups is 1. The fraction of sp³-hybridized carbons (Fsp3) is 0.600. The summed E-state index contributed by atoms with van der Waals surface area (Å²) < 4.78 is 0. The number of aliphatic imine (C=N–C) groups is 1. The first kappa shape index (κ1) is 10.8. The summed E-state index contributed by atoms with van der Waals surface area (Å²) >= 11 is 0. The van der Waals surface area contributed by atoms with E-state index >= 15 is 0 Å². The van der Waals surface area contributed by atoms with Crippen molar-refractivity contribution in [3.05, 3.63) is 0 Å². The van der Waals surface area contributed by atoms with Crippen molar-refractivity contribution in [1.29, 1.82) is 0 Å². The van der Waals surface area contributed by atoms with Crippen LogP contribution in [0.25, 0.3) is 0 Å². The van der Waals surface area contributed by atoms with Crippen LogP contribution in [0.1, 0.15) is 19.3 Å². The van der Waals surface area contributed by atoms with Gasteiger partial charge in [-0.1, -0.05) is 0 Å². The van der Waals surface area contributed by atoms with Gasteiger partial charge in [-0.05, 0) is 12.8 Å². The molecule has 2 aliphatic rings. The smallest absolute Gasteiger partial charge is 0.284 e. The largest absolute Gasteiger partial charge is 0.331 e. The molecule has 1 heterocycles. The SMILES string of the molecule is CN1C(=O)CC(=NC(=O)C2CC2)N(C)C1=O. The number of hydrogen-bond acceptors (Lipinski definition) is 3. The predicted molar refractivity (Wildman–Crippen MR) is 55.7 cm³/mol. The van der Waals surface area contributed by atoms with Gasteiger partial charge in [0, 0.05) is 20.0 Å². The topological polar surface area (TPSA) is 70.1 Å². The summed E-state index contributed by atoms with van der Waals surface area (Å²) in [4.78, 5) is 40.6. The number of nitrogens with zero attached hydrogens (tertiary/aromatic N) is 3. The number of hydrogen-bond donors (Lipinski definition) is 0. The number of urea groups is 1. The summed E-state index contributed by atoms with van der Waals surface area (Å²) in [6.45, 7) is 0. The Balaban J connectivity index is 2.17. The molecule has 0 bridgehead atoms. The third-order valence-electron chi connectivity index (χ3n) is 2.81. The summed E-state index contributed by atoms with van der Waals surface area (Å²) in [6.07, 6.45) is 1.74. The quantitative estimate of drug-likeness (QED) is 0.639. The second-order valence-corrected chi connectivity index (χ2v) is 4.11. The molecule has 1 saturated heterocycles. The predicted octanol–water partition coefficient (Wildman–Crippen LogP) is 0.235. The molecule has 0 N–H and O–H groups in total. The first-order chi connectivity index (χ1) is 7.50. The second kappa shape index (κ2) is 3.70. The molecule has 6 heteroatoms. The van der Waals surface area contributed by atoms with Gasteiger partial charge >= 0.3 is 6.03 Å². The van der Waals surface area contributed by atoms with Gasteiger partial charge in [-0.2, -0.15) is 4.99 Å². The molecule has 4 amide bonds. The summed E-state index contributed by atoms with van der Waals surface area (Å²) in [5.41, 5.74) is 0. The molecule has 2 rings (SSSR count). The highest BCUT2D eigenvalue weighted by atomic mass is 16.2. The highest BCUT2D eigenvalue weighted by molar-refractivity contribution is 6.17. The number of amides is 4. The zero-order valence-electron chi connectivity index (χ0n) is 9.27. The van der Waals surface area contributed by atoms with E-state index in [1.807, 2.05) is 0 Å². The van der Waals surface area contributed by atoms with Crippen LogP contribution in [0.15, 0.2) is 4.99 Å². The maximum atomic E-state index is 11.6. The molecule has 0 aromatic carbocycles. The van der Waals surface area contributed by atoms with E-state index in [-0.39, 0.29) is 30.0 Å². The average molecular weight is 223 g/mol. The lowest BCUT2D eigenvalue weighted by atomic mass is 10.2. The second-order valence-electron chi connectivity index (χ2n) is 4.11. The lowest BCUT2D eigenvalue weighted by Crippen LogP contribution is -2.51. The van der Waals surface area contributed by atoms with Crippen LogP contribution in [0.5, 0.6) is 0 Å². The van der Waals surface area contributed by atoms with Crippen LogP contribution in [0.3, 0.4) is 0 Å². The molecule has 0 aromatic heterocycles. The lowest BCUT2D eigenvalue weighted by Gasteiger charge is -2.29. The zero-order chi connectivity index (χ0) is 11.9. The van der Waals surface area contributed by atoms with Crippen molar-refractivity contribution in [1.82, 2.24) is 9.80 Å². The average Bonchev–Trinajstić information content (AvgIpc) is 3.06. The zero-order valence-corrected chi connectivity index (χ0v) is 9.27. The van der Waals surface area contributed by atoms with Gasteiger partial charge in [0.05, 0.1) is 6.42 Å². The molecule has 2 fully saturated rings. The van der Waals surface area contributed by atoms with E-state index in [0.29, 0.717) is 0 Å². The van der Waals surface area contributed by atoms with Gasteiger partial charge in [-0.3, -0.25) is 19.4 Å². The normalized spacial score (nSPS) is 24.2. The van der Waals surface area contributed by atoms with E-state index in [2.05, 4.69) is 4.99 Å². The molecule has 0 radical (unpaired) electrons. The van der Waals surface area contributed by atoms with Crippen molar-refractivity contribution >= 4 is 23.7 Å². The van der Waals surface area contributed by atoms with Crippen molar-refractivity contribution in [2.45, 2.75) is 19.3 Å². The number of rotatable bonds is 1. The summed E-state index contributed by atoms with van der Waals surface area (Å²) in [5, 5.41) is 0. The summed E-state index contributed by atoms with van der Waals surface area (Å²) in [6, 6.07) is -0.446. The molecule has 86 valence electrons. The Hall–Kier alpha value is -1.72.